The zero-order valence-electron chi connectivity index (χ0n) is 23.2. The Bertz CT molecular complexity index is 1400. The van der Waals surface area contributed by atoms with E-state index in [2.05, 4.69) is 0 Å². The van der Waals surface area contributed by atoms with Crippen LogP contribution in [0.25, 0.3) is 10.8 Å². The third-order valence-corrected chi connectivity index (χ3v) is 9.14. The van der Waals surface area contributed by atoms with E-state index in [9.17, 15) is 9.90 Å². The molecule has 7 rings (SSSR count). The molecule has 1 spiro atoms. The predicted molar refractivity (Wildman–Crippen MR) is 140 cm³/mol. The van der Waals surface area contributed by atoms with Crippen molar-refractivity contribution in [2.75, 3.05) is 41.1 Å². The van der Waals surface area contributed by atoms with Gasteiger partial charge in [0.2, 0.25) is 11.9 Å². The van der Waals surface area contributed by atoms with E-state index in [1.54, 1.807) is 7.11 Å². The zero-order chi connectivity index (χ0) is 28.0. The molecular formula is C29H35NO10. The number of phenolic OH excluding ortho intramolecular Hbond substituents is 1. The summed E-state index contributed by atoms with van der Waals surface area (Å²) in [7, 11) is 4.61. The Labute approximate surface area is 231 Å². The number of hydrogen-bond donors (Lipinski definition) is 2. The summed E-state index contributed by atoms with van der Waals surface area (Å²) in [6.45, 7) is 3.03. The van der Waals surface area contributed by atoms with Crippen LogP contribution in [-0.2, 0) is 34.8 Å². The molecule has 2 bridgehead atoms. The van der Waals surface area contributed by atoms with Crippen LogP contribution in [0.5, 0.6) is 17.2 Å². The first-order valence-electron chi connectivity index (χ1n) is 13.8. The Kier molecular flexibility index (Phi) is 5.93. The summed E-state index contributed by atoms with van der Waals surface area (Å²) in [6, 6.07) is 1.94. The van der Waals surface area contributed by atoms with Crippen molar-refractivity contribution in [3.05, 3.63) is 28.3 Å². The maximum absolute atomic E-state index is 13.1. The molecule has 4 aliphatic heterocycles. The molecular weight excluding hydrogens is 522 g/mol. The van der Waals surface area contributed by atoms with Crippen molar-refractivity contribution in [3.63, 3.8) is 0 Å². The van der Waals surface area contributed by atoms with Crippen LogP contribution in [0.2, 0.25) is 0 Å². The van der Waals surface area contributed by atoms with E-state index in [1.807, 2.05) is 13.0 Å². The Morgan fingerprint density at radius 3 is 2.62 bits per heavy atom. The number of epoxide rings is 1. The predicted octanol–water partition coefficient (Wildman–Crippen LogP) is 2.78. The first-order chi connectivity index (χ1) is 19.3. The molecule has 1 aliphatic carbocycles. The second-order valence-corrected chi connectivity index (χ2v) is 11.1. The Morgan fingerprint density at radius 1 is 1.18 bits per heavy atom. The first kappa shape index (κ1) is 26.4. The van der Waals surface area contributed by atoms with Crippen LogP contribution in [-0.4, -0.2) is 81.5 Å². The van der Waals surface area contributed by atoms with Crippen molar-refractivity contribution in [1.82, 2.24) is 0 Å². The molecule has 3 saturated heterocycles. The van der Waals surface area contributed by atoms with E-state index < -0.39 is 35.7 Å². The van der Waals surface area contributed by atoms with E-state index >= 15 is 0 Å². The van der Waals surface area contributed by atoms with Gasteiger partial charge in [-0.05, 0) is 50.8 Å². The number of methoxy groups -OCH3 is 3. The van der Waals surface area contributed by atoms with Crippen LogP contribution in [0, 0.1) is 6.92 Å². The molecule has 11 heteroatoms. The van der Waals surface area contributed by atoms with Crippen LogP contribution in [0.15, 0.2) is 6.07 Å². The summed E-state index contributed by atoms with van der Waals surface area (Å²) in [6.07, 6.45) is 0.860. The molecule has 3 unspecified atom stereocenters. The third-order valence-electron chi connectivity index (χ3n) is 9.14. The Hall–Kier alpha value is -2.51. The van der Waals surface area contributed by atoms with Crippen LogP contribution in [0.4, 0.5) is 0 Å². The average Bonchev–Trinajstić information content (AvgIpc) is 3.61. The summed E-state index contributed by atoms with van der Waals surface area (Å²) in [4.78, 5) is 13.1. The standard InChI is InChI=1S/C29H35NO10/c1-14-12-16-20(21(32)19-15(22(16)33-2)8-7-9-17(19)31)23-18(14)24-25-28(38-23,36-11-6-5-10-30)27(13-37-27)29(39-24,40-25)26(34-3)35-4/h12,24-26,32H,5-11,13,30H2,1-4H3/t24?,25?,27-,28+,29?/m0/s1. The number of Topliss-reactive ketones (excluding diaryl/α,β-unsaturated/α-hetero) is 1. The van der Waals surface area contributed by atoms with Gasteiger partial charge in [0.05, 0.1) is 31.3 Å². The largest absolute Gasteiger partial charge is 0.506 e. The number of fused-ring (bicyclic) bond motifs is 8. The number of benzene rings is 2. The van der Waals surface area contributed by atoms with Crippen molar-refractivity contribution in [2.45, 2.75) is 74.7 Å². The van der Waals surface area contributed by atoms with Crippen molar-refractivity contribution >= 4 is 16.6 Å². The van der Waals surface area contributed by atoms with Gasteiger partial charge in [0.15, 0.2) is 11.9 Å². The zero-order valence-corrected chi connectivity index (χ0v) is 23.2. The first-order valence-corrected chi connectivity index (χ1v) is 13.8. The van der Waals surface area contributed by atoms with Gasteiger partial charge in [-0.3, -0.25) is 4.79 Å². The molecule has 11 nitrogen and oxygen atoms in total. The normalized spacial score (nSPS) is 33.0. The maximum Gasteiger partial charge on any atom is 0.277 e. The molecule has 3 N–H and O–H groups in total. The van der Waals surface area contributed by atoms with Crippen molar-refractivity contribution in [1.29, 1.82) is 0 Å². The summed E-state index contributed by atoms with van der Waals surface area (Å²) >= 11 is 0. The van der Waals surface area contributed by atoms with Crippen molar-refractivity contribution < 1.29 is 47.8 Å². The molecule has 216 valence electrons. The number of ketones is 1. The molecule has 5 atom stereocenters. The van der Waals surface area contributed by atoms with Gasteiger partial charge >= 0.3 is 0 Å². The molecule has 0 aromatic heterocycles. The Balaban J connectivity index is 1.49. The molecule has 40 heavy (non-hydrogen) atoms. The minimum atomic E-state index is -1.45. The molecule has 3 fully saturated rings. The molecule has 2 aromatic carbocycles. The van der Waals surface area contributed by atoms with Gasteiger partial charge in [0.25, 0.3) is 11.6 Å². The number of nitrogens with two attached hydrogens (primary N) is 1. The van der Waals surface area contributed by atoms with Crippen LogP contribution in [0.1, 0.15) is 58.8 Å². The van der Waals surface area contributed by atoms with E-state index in [0.29, 0.717) is 66.7 Å². The number of hydrogen-bond acceptors (Lipinski definition) is 11. The van der Waals surface area contributed by atoms with E-state index in [-0.39, 0.29) is 23.7 Å². The summed E-state index contributed by atoms with van der Waals surface area (Å²) in [5.41, 5.74) is 7.10. The highest BCUT2D eigenvalue weighted by atomic mass is 16.9. The van der Waals surface area contributed by atoms with Gasteiger partial charge in [-0.15, -0.1) is 0 Å². The number of aromatic hydroxyl groups is 1. The lowest BCUT2D eigenvalue weighted by Crippen LogP contribution is -2.70. The second-order valence-electron chi connectivity index (χ2n) is 11.1. The second kappa shape index (κ2) is 8.99. The third kappa shape index (κ3) is 3.01. The highest BCUT2D eigenvalue weighted by Crippen LogP contribution is 2.72. The van der Waals surface area contributed by atoms with E-state index in [1.165, 1.54) is 14.2 Å². The number of rotatable bonds is 9. The summed E-state index contributed by atoms with van der Waals surface area (Å²) in [5, 5.41) is 12.7. The van der Waals surface area contributed by atoms with Crippen molar-refractivity contribution in [2.24, 2.45) is 5.73 Å². The molecule has 5 aliphatic rings. The minimum absolute atomic E-state index is 0.120. The lowest BCUT2D eigenvalue weighted by Gasteiger charge is -2.49. The smallest absolute Gasteiger partial charge is 0.277 e. The van der Waals surface area contributed by atoms with E-state index in [4.69, 9.17) is 43.6 Å². The van der Waals surface area contributed by atoms with Crippen LogP contribution < -0.4 is 15.2 Å². The van der Waals surface area contributed by atoms with Gasteiger partial charge in [0.1, 0.15) is 23.4 Å². The molecule has 4 heterocycles. The minimum Gasteiger partial charge on any atom is -0.506 e. The highest BCUT2D eigenvalue weighted by molar-refractivity contribution is 6.11. The molecule has 0 saturated carbocycles. The molecule has 0 radical (unpaired) electrons. The Morgan fingerprint density at radius 2 is 1.95 bits per heavy atom. The number of aryl methyl sites for hydroxylation is 1. The lowest BCUT2D eigenvalue weighted by atomic mass is 9.78. The maximum atomic E-state index is 13.1. The summed E-state index contributed by atoms with van der Waals surface area (Å²) in [5.74, 6) is -2.20. The number of unbranched alkanes of at least 4 members (excludes halogenated alkanes) is 1. The van der Waals surface area contributed by atoms with Crippen molar-refractivity contribution in [3.8, 4) is 17.2 Å². The molecule has 2 aromatic rings. The fraction of sp³-hybridized carbons (Fsp3) is 0.621. The van der Waals surface area contributed by atoms with Crippen LogP contribution >= 0.6 is 0 Å². The monoisotopic (exact) mass is 557 g/mol. The fourth-order valence-corrected chi connectivity index (χ4v) is 7.39. The quantitative estimate of drug-likeness (QED) is 0.267. The molecule has 0 amide bonds. The number of ether oxygens (including phenoxy) is 8. The van der Waals surface area contributed by atoms with Gasteiger partial charge in [-0.25, -0.2) is 0 Å². The number of carbonyl (C=O) groups is 1. The average molecular weight is 558 g/mol. The highest BCUT2D eigenvalue weighted by Gasteiger charge is 2.93. The lowest BCUT2D eigenvalue weighted by molar-refractivity contribution is -0.350. The van der Waals surface area contributed by atoms with E-state index in [0.717, 1.165) is 17.5 Å². The van der Waals surface area contributed by atoms with Gasteiger partial charge in [-0.2, -0.15) is 0 Å². The SMILES string of the molecule is COc1c2c(c(O)c3c4c(c(C)cc13)C1OC3(C(OC)OC)OC1[C@@](OCCCCN)(O4)[C@@]31CO1)C(=O)CCC2. The fourth-order valence-electron chi connectivity index (χ4n) is 7.39. The topological polar surface area (TPSA) is 140 Å². The van der Waals surface area contributed by atoms with Gasteiger partial charge in [-0.1, -0.05) is 0 Å². The van der Waals surface area contributed by atoms with Gasteiger partial charge in [0, 0.05) is 37.2 Å². The van der Waals surface area contributed by atoms with Crippen LogP contribution in [0.3, 0.4) is 0 Å². The number of phenols is 1. The van der Waals surface area contributed by atoms with Gasteiger partial charge < -0.3 is 48.7 Å². The number of carbonyl (C=O) groups excluding carboxylic acids is 1. The summed E-state index contributed by atoms with van der Waals surface area (Å²) < 4.78 is 50.2.